The van der Waals surface area contributed by atoms with Gasteiger partial charge in [0.25, 0.3) is 10.0 Å². The Morgan fingerprint density at radius 2 is 2.05 bits per heavy atom. The van der Waals surface area contributed by atoms with E-state index in [1.165, 1.54) is 26.1 Å². The second-order valence-corrected chi connectivity index (χ2v) is 6.36. The van der Waals surface area contributed by atoms with E-state index >= 15 is 0 Å². The average Bonchev–Trinajstić information content (AvgIpc) is 2.35. The van der Waals surface area contributed by atoms with Crippen LogP contribution in [0.3, 0.4) is 0 Å². The van der Waals surface area contributed by atoms with Gasteiger partial charge in [-0.2, -0.15) is 0 Å². The monoisotopic (exact) mass is 330 g/mol. The highest BCUT2D eigenvalue weighted by Gasteiger charge is 2.24. The quantitative estimate of drug-likeness (QED) is 0.664. The van der Waals surface area contributed by atoms with Gasteiger partial charge in [0.2, 0.25) is 5.95 Å². The van der Waals surface area contributed by atoms with Gasteiger partial charge in [-0.25, -0.2) is 27.5 Å². The first kappa shape index (κ1) is 15.5. The number of anilines is 2. The number of nitrogens with zero attached hydrogens (tertiary/aromatic N) is 2. The first-order valence-corrected chi connectivity index (χ1v) is 7.65. The van der Waals surface area contributed by atoms with Crippen molar-refractivity contribution in [1.29, 1.82) is 0 Å². The molecule has 2 rings (SSSR count). The summed E-state index contributed by atoms with van der Waals surface area (Å²) >= 11 is 5.67. The van der Waals surface area contributed by atoms with E-state index in [2.05, 4.69) is 14.7 Å². The normalized spacial score (nSPS) is 11.4. The van der Waals surface area contributed by atoms with Gasteiger partial charge in [0.1, 0.15) is 11.0 Å². The lowest BCUT2D eigenvalue weighted by molar-refractivity contribution is 0.597. The van der Waals surface area contributed by atoms with Crippen LogP contribution in [0.15, 0.2) is 23.2 Å². The van der Waals surface area contributed by atoms with Crippen LogP contribution in [-0.4, -0.2) is 18.4 Å². The van der Waals surface area contributed by atoms with Gasteiger partial charge in [-0.15, -0.1) is 0 Å². The number of aryl methyl sites for hydroxylation is 1. The lowest BCUT2D eigenvalue weighted by Gasteiger charge is -2.14. The van der Waals surface area contributed by atoms with Crippen LogP contribution in [0.2, 0.25) is 5.15 Å². The molecule has 0 unspecified atom stereocenters. The fourth-order valence-electron chi connectivity index (χ4n) is 1.90. The summed E-state index contributed by atoms with van der Waals surface area (Å²) < 4.78 is 40.5. The molecule has 9 heteroatoms. The lowest BCUT2D eigenvalue weighted by atomic mass is 10.1. The zero-order valence-electron chi connectivity index (χ0n) is 11.2. The molecule has 0 saturated heterocycles. The van der Waals surface area contributed by atoms with Crippen molar-refractivity contribution in [3.05, 3.63) is 40.4 Å². The van der Waals surface area contributed by atoms with Crippen LogP contribution in [0.4, 0.5) is 16.0 Å². The van der Waals surface area contributed by atoms with Gasteiger partial charge in [-0.05, 0) is 37.1 Å². The number of halogens is 2. The van der Waals surface area contributed by atoms with Crippen molar-refractivity contribution in [3.63, 3.8) is 0 Å². The van der Waals surface area contributed by atoms with E-state index in [1.807, 2.05) is 0 Å². The number of aromatic nitrogens is 2. The summed E-state index contributed by atoms with van der Waals surface area (Å²) in [4.78, 5) is 7.39. The predicted molar refractivity (Wildman–Crippen MR) is 78.1 cm³/mol. The largest absolute Gasteiger partial charge is 0.396 e. The van der Waals surface area contributed by atoms with Gasteiger partial charge in [-0.3, -0.25) is 0 Å². The summed E-state index contributed by atoms with van der Waals surface area (Å²) in [6.07, 6.45) is 1.31. The highest BCUT2D eigenvalue weighted by molar-refractivity contribution is 7.92. The summed E-state index contributed by atoms with van der Waals surface area (Å²) in [6, 6.07) is 2.47. The van der Waals surface area contributed by atoms with Crippen molar-refractivity contribution in [2.45, 2.75) is 18.7 Å². The Morgan fingerprint density at radius 3 is 2.67 bits per heavy atom. The van der Waals surface area contributed by atoms with E-state index in [9.17, 15) is 12.8 Å². The summed E-state index contributed by atoms with van der Waals surface area (Å²) in [5.41, 5.74) is 5.69. The van der Waals surface area contributed by atoms with Gasteiger partial charge < -0.3 is 5.73 Å². The lowest BCUT2D eigenvalue weighted by Crippen LogP contribution is -2.18. The van der Waals surface area contributed by atoms with Crippen molar-refractivity contribution < 1.29 is 12.8 Å². The number of nitrogen functional groups attached to an aromatic ring is 1. The molecule has 0 aliphatic carbocycles. The molecule has 0 amide bonds. The third-order valence-corrected chi connectivity index (χ3v) is 4.65. The van der Waals surface area contributed by atoms with E-state index in [4.69, 9.17) is 17.3 Å². The van der Waals surface area contributed by atoms with Crippen LogP contribution in [0.5, 0.6) is 0 Å². The summed E-state index contributed by atoms with van der Waals surface area (Å²) in [5, 5.41) is 0.0924. The highest BCUT2D eigenvalue weighted by Crippen LogP contribution is 2.28. The number of hydrogen-bond acceptors (Lipinski definition) is 5. The average molecular weight is 331 g/mol. The van der Waals surface area contributed by atoms with E-state index < -0.39 is 15.8 Å². The van der Waals surface area contributed by atoms with Crippen LogP contribution in [0, 0.1) is 19.7 Å². The minimum Gasteiger partial charge on any atom is -0.396 e. The molecule has 112 valence electrons. The van der Waals surface area contributed by atoms with Crippen molar-refractivity contribution in [3.8, 4) is 0 Å². The molecule has 0 bridgehead atoms. The summed E-state index contributed by atoms with van der Waals surface area (Å²) in [7, 11) is -4.01. The van der Waals surface area contributed by atoms with E-state index in [0.29, 0.717) is 0 Å². The molecule has 0 fully saturated rings. The maximum Gasteiger partial charge on any atom is 0.264 e. The summed E-state index contributed by atoms with van der Waals surface area (Å²) in [5.74, 6) is -0.841. The Hall–Kier alpha value is -1.93. The second kappa shape index (κ2) is 5.45. The number of nitrogens with one attached hydrogen (secondary N) is 1. The van der Waals surface area contributed by atoms with Crippen LogP contribution < -0.4 is 10.5 Å². The molecule has 1 aromatic heterocycles. The Morgan fingerprint density at radius 1 is 1.38 bits per heavy atom. The second-order valence-electron chi connectivity index (χ2n) is 4.35. The molecule has 0 aliphatic heterocycles. The van der Waals surface area contributed by atoms with Crippen LogP contribution in [-0.2, 0) is 10.0 Å². The molecule has 6 nitrogen and oxygen atoms in total. The molecule has 0 atom stereocenters. The predicted octanol–water partition coefficient (Wildman–Crippen LogP) is 2.27. The molecule has 2 aromatic rings. The zero-order valence-corrected chi connectivity index (χ0v) is 12.8. The maximum absolute atomic E-state index is 13.5. The minimum absolute atomic E-state index is 0.0924. The first-order valence-electron chi connectivity index (χ1n) is 5.79. The third-order valence-electron chi connectivity index (χ3n) is 2.82. The van der Waals surface area contributed by atoms with Crippen molar-refractivity contribution in [2.24, 2.45) is 0 Å². The van der Waals surface area contributed by atoms with Crippen LogP contribution in [0.25, 0.3) is 0 Å². The van der Waals surface area contributed by atoms with Gasteiger partial charge in [0, 0.05) is 6.20 Å². The van der Waals surface area contributed by atoms with Crippen molar-refractivity contribution in [1.82, 2.24) is 9.97 Å². The van der Waals surface area contributed by atoms with Gasteiger partial charge in [0.05, 0.1) is 10.6 Å². The van der Waals surface area contributed by atoms with Crippen molar-refractivity contribution in [2.75, 3.05) is 10.5 Å². The fraction of sp³-hybridized carbons (Fsp3) is 0.167. The van der Waals surface area contributed by atoms with E-state index in [0.717, 1.165) is 6.07 Å². The molecule has 0 aliphatic rings. The van der Waals surface area contributed by atoms with Gasteiger partial charge in [0.15, 0.2) is 0 Å². The first-order chi connectivity index (χ1) is 9.72. The summed E-state index contributed by atoms with van der Waals surface area (Å²) in [6.45, 7) is 2.90. The molecule has 0 spiro atoms. The fourth-order valence-corrected chi connectivity index (χ4v) is 3.47. The van der Waals surface area contributed by atoms with E-state index in [-0.39, 0.29) is 32.8 Å². The number of sulfonamides is 1. The van der Waals surface area contributed by atoms with Crippen LogP contribution >= 0.6 is 11.6 Å². The molecule has 3 N–H and O–H groups in total. The van der Waals surface area contributed by atoms with E-state index in [1.54, 1.807) is 0 Å². The Labute approximate surface area is 126 Å². The molecule has 0 radical (unpaired) electrons. The number of rotatable bonds is 3. The van der Waals surface area contributed by atoms with Gasteiger partial charge in [-0.1, -0.05) is 11.6 Å². The topological polar surface area (TPSA) is 98.0 Å². The zero-order chi connectivity index (χ0) is 15.8. The van der Waals surface area contributed by atoms with Gasteiger partial charge >= 0.3 is 0 Å². The standard InChI is InChI=1S/C12H12ClFN4O2S/c1-6-5-8(14)10(15)7(2)11(6)21(19,20)18-12-16-4-3-9(13)17-12/h3-5H,15H2,1-2H3,(H,16,17,18). The molecule has 21 heavy (non-hydrogen) atoms. The Bertz CT molecular complexity index is 811. The number of nitrogens with two attached hydrogens (primary N) is 1. The Kier molecular flexibility index (Phi) is 4.02. The molecule has 0 saturated carbocycles. The molecular formula is C12H12ClFN4O2S. The SMILES string of the molecule is Cc1cc(F)c(N)c(C)c1S(=O)(=O)Nc1nccc(Cl)n1. The molecule has 1 heterocycles. The molecular weight excluding hydrogens is 319 g/mol. The maximum atomic E-state index is 13.5. The smallest absolute Gasteiger partial charge is 0.264 e. The highest BCUT2D eigenvalue weighted by atomic mass is 35.5. The number of benzene rings is 1. The third kappa shape index (κ3) is 3.06. The van der Waals surface area contributed by atoms with Crippen LogP contribution in [0.1, 0.15) is 11.1 Å². The number of hydrogen-bond donors (Lipinski definition) is 2. The molecule has 1 aromatic carbocycles. The minimum atomic E-state index is -4.01. The Balaban J connectivity index is 2.53. The van der Waals surface area contributed by atoms with Crippen molar-refractivity contribution >= 4 is 33.3 Å².